The first kappa shape index (κ1) is 26.2. The van der Waals surface area contributed by atoms with Crippen LogP contribution in [0.3, 0.4) is 0 Å². The van der Waals surface area contributed by atoms with E-state index in [0.29, 0.717) is 24.4 Å². The molecule has 1 aliphatic rings. The van der Waals surface area contributed by atoms with E-state index in [1.807, 2.05) is 6.92 Å². The first-order valence-electron chi connectivity index (χ1n) is 11.2. The molecular formula is C24H36N2O5S. The standard InChI is InChI=1S/C24H36N2O5S/c1-7-24(28)25(6)15-22-18(4)14-26(19(5)16-27)32(29,30)23-12-11-20(13-21(23)31-22)10-8-9-17(2)3/h11-13,17-19,22,27H,7,9,14-16H2,1-6H3/t18-,19+,22-/m1/s1. The van der Waals surface area contributed by atoms with Gasteiger partial charge in [0.05, 0.1) is 13.2 Å². The molecule has 32 heavy (non-hydrogen) atoms. The Morgan fingerprint density at radius 2 is 2.03 bits per heavy atom. The number of likely N-dealkylation sites (N-methyl/N-ethyl adjacent to an activating group) is 1. The first-order chi connectivity index (χ1) is 15.0. The average molecular weight is 465 g/mol. The molecule has 1 aromatic rings. The summed E-state index contributed by atoms with van der Waals surface area (Å²) in [5, 5.41) is 9.71. The number of aliphatic hydroxyl groups excluding tert-OH is 1. The lowest BCUT2D eigenvalue weighted by atomic mass is 10.0. The molecule has 8 heteroatoms. The van der Waals surface area contributed by atoms with E-state index in [1.165, 1.54) is 10.4 Å². The molecular weight excluding hydrogens is 428 g/mol. The summed E-state index contributed by atoms with van der Waals surface area (Å²) in [6.07, 6.45) is 0.699. The van der Waals surface area contributed by atoms with Gasteiger partial charge in [-0.15, -0.1) is 0 Å². The maximum absolute atomic E-state index is 13.5. The zero-order chi connectivity index (χ0) is 24.1. The Morgan fingerprint density at radius 3 is 2.62 bits per heavy atom. The molecule has 178 valence electrons. The topological polar surface area (TPSA) is 87.2 Å². The molecule has 3 atom stereocenters. The second kappa shape index (κ2) is 11.2. The van der Waals surface area contributed by atoms with E-state index in [9.17, 15) is 18.3 Å². The van der Waals surface area contributed by atoms with Crippen molar-refractivity contribution in [1.82, 2.24) is 9.21 Å². The number of sulfonamides is 1. The largest absolute Gasteiger partial charge is 0.487 e. The van der Waals surface area contributed by atoms with Gasteiger partial charge in [-0.2, -0.15) is 4.31 Å². The highest BCUT2D eigenvalue weighted by Crippen LogP contribution is 2.34. The SMILES string of the molecule is CCC(=O)N(C)C[C@H]1Oc2cc(C#CCC(C)C)ccc2S(=O)(=O)N([C@@H](C)CO)C[C@H]1C. The van der Waals surface area contributed by atoms with Gasteiger partial charge in [0.25, 0.3) is 0 Å². The van der Waals surface area contributed by atoms with Crippen LogP contribution in [0.1, 0.15) is 53.0 Å². The number of ether oxygens (including phenoxy) is 1. The molecule has 0 saturated carbocycles. The average Bonchev–Trinajstić information content (AvgIpc) is 2.74. The van der Waals surface area contributed by atoms with Gasteiger partial charge in [0.1, 0.15) is 16.7 Å². The Kier molecular flexibility index (Phi) is 9.14. The van der Waals surface area contributed by atoms with Crippen LogP contribution in [0.5, 0.6) is 5.75 Å². The molecule has 0 aromatic heterocycles. The molecule has 0 saturated heterocycles. The molecule has 1 heterocycles. The predicted molar refractivity (Wildman–Crippen MR) is 125 cm³/mol. The molecule has 0 radical (unpaired) electrons. The highest BCUT2D eigenvalue weighted by molar-refractivity contribution is 7.89. The Labute approximate surface area is 192 Å². The molecule has 1 aromatic carbocycles. The van der Waals surface area contributed by atoms with E-state index < -0.39 is 22.2 Å². The third-order valence-electron chi connectivity index (χ3n) is 5.59. The van der Waals surface area contributed by atoms with Crippen molar-refractivity contribution in [2.24, 2.45) is 11.8 Å². The van der Waals surface area contributed by atoms with Crippen LogP contribution in [-0.4, -0.2) is 67.5 Å². The molecule has 1 amide bonds. The van der Waals surface area contributed by atoms with Crippen molar-refractivity contribution in [2.45, 2.75) is 64.5 Å². The number of nitrogens with zero attached hydrogens (tertiary/aromatic N) is 2. The fraction of sp³-hybridized carbons (Fsp3) is 0.625. The Balaban J connectivity index is 2.55. The van der Waals surface area contributed by atoms with Crippen molar-refractivity contribution >= 4 is 15.9 Å². The molecule has 0 bridgehead atoms. The van der Waals surface area contributed by atoms with Crippen LogP contribution in [0.4, 0.5) is 0 Å². The van der Waals surface area contributed by atoms with Gasteiger partial charge in [-0.1, -0.05) is 39.5 Å². The first-order valence-corrected chi connectivity index (χ1v) is 12.6. The van der Waals surface area contributed by atoms with Crippen molar-refractivity contribution in [3.05, 3.63) is 23.8 Å². The molecule has 7 nitrogen and oxygen atoms in total. The second-order valence-electron chi connectivity index (χ2n) is 8.93. The van der Waals surface area contributed by atoms with E-state index >= 15 is 0 Å². The van der Waals surface area contributed by atoms with Gasteiger partial charge in [0.15, 0.2) is 0 Å². The van der Waals surface area contributed by atoms with Gasteiger partial charge >= 0.3 is 0 Å². The molecule has 0 unspecified atom stereocenters. The van der Waals surface area contributed by atoms with Crippen LogP contribution in [-0.2, 0) is 14.8 Å². The number of hydrogen-bond donors (Lipinski definition) is 1. The zero-order valence-electron chi connectivity index (χ0n) is 20.0. The molecule has 1 N–H and O–H groups in total. The predicted octanol–water partition coefficient (Wildman–Crippen LogP) is 2.72. The lowest BCUT2D eigenvalue weighted by Crippen LogP contribution is -2.50. The Morgan fingerprint density at radius 1 is 1.34 bits per heavy atom. The van der Waals surface area contributed by atoms with E-state index in [2.05, 4.69) is 25.7 Å². The lowest BCUT2D eigenvalue weighted by Gasteiger charge is -2.37. The van der Waals surface area contributed by atoms with Gasteiger partial charge in [-0.3, -0.25) is 4.79 Å². The summed E-state index contributed by atoms with van der Waals surface area (Å²) in [5.41, 5.74) is 0.673. The van der Waals surface area contributed by atoms with Gasteiger partial charge < -0.3 is 14.7 Å². The van der Waals surface area contributed by atoms with E-state index in [4.69, 9.17) is 4.74 Å². The maximum Gasteiger partial charge on any atom is 0.247 e. The van der Waals surface area contributed by atoms with Crippen molar-refractivity contribution in [3.8, 4) is 17.6 Å². The third kappa shape index (κ3) is 6.25. The number of carbonyl (C=O) groups is 1. The minimum absolute atomic E-state index is 0.00964. The van der Waals surface area contributed by atoms with Gasteiger partial charge in [0.2, 0.25) is 15.9 Å². The van der Waals surface area contributed by atoms with Crippen LogP contribution in [0.25, 0.3) is 0 Å². The Hall–Kier alpha value is -2.08. The van der Waals surface area contributed by atoms with Gasteiger partial charge in [-0.25, -0.2) is 8.42 Å². The van der Waals surface area contributed by atoms with Crippen LogP contribution < -0.4 is 4.74 Å². The summed E-state index contributed by atoms with van der Waals surface area (Å²) in [4.78, 5) is 13.8. The number of carbonyl (C=O) groups excluding carboxylic acids is 1. The minimum Gasteiger partial charge on any atom is -0.487 e. The van der Waals surface area contributed by atoms with Crippen molar-refractivity contribution in [3.63, 3.8) is 0 Å². The molecule has 0 fully saturated rings. The fourth-order valence-electron chi connectivity index (χ4n) is 3.52. The zero-order valence-corrected chi connectivity index (χ0v) is 20.8. The molecule has 0 aliphatic carbocycles. The monoisotopic (exact) mass is 464 g/mol. The third-order valence-corrected chi connectivity index (χ3v) is 7.61. The number of amides is 1. The fourth-order valence-corrected chi connectivity index (χ4v) is 5.35. The summed E-state index contributed by atoms with van der Waals surface area (Å²) in [5.74, 6) is 6.65. The number of rotatable bonds is 6. The van der Waals surface area contributed by atoms with E-state index in [1.54, 1.807) is 37.9 Å². The van der Waals surface area contributed by atoms with Gasteiger partial charge in [0, 0.05) is 44.0 Å². The molecule has 0 spiro atoms. The molecule has 2 rings (SSSR count). The second-order valence-corrected chi connectivity index (χ2v) is 10.8. The Bertz CT molecular complexity index is 964. The summed E-state index contributed by atoms with van der Waals surface area (Å²) in [7, 11) is -2.17. The highest BCUT2D eigenvalue weighted by atomic mass is 32.2. The lowest BCUT2D eigenvalue weighted by molar-refractivity contribution is -0.131. The number of hydrogen-bond acceptors (Lipinski definition) is 5. The number of fused-ring (bicyclic) bond motifs is 1. The van der Waals surface area contributed by atoms with E-state index in [0.717, 1.165) is 6.42 Å². The summed E-state index contributed by atoms with van der Waals surface area (Å²) < 4.78 is 34.5. The van der Waals surface area contributed by atoms with Crippen molar-refractivity contribution < 1.29 is 23.1 Å². The van der Waals surface area contributed by atoms with Crippen molar-refractivity contribution in [1.29, 1.82) is 0 Å². The van der Waals surface area contributed by atoms with Crippen LogP contribution >= 0.6 is 0 Å². The van der Waals surface area contributed by atoms with Gasteiger partial charge in [-0.05, 0) is 31.0 Å². The number of benzene rings is 1. The van der Waals surface area contributed by atoms with Crippen molar-refractivity contribution in [2.75, 3.05) is 26.7 Å². The molecule has 1 aliphatic heterocycles. The summed E-state index contributed by atoms with van der Waals surface area (Å²) in [6.45, 7) is 9.77. The van der Waals surface area contributed by atoms with Crippen LogP contribution in [0, 0.1) is 23.7 Å². The van der Waals surface area contributed by atoms with Crippen LogP contribution in [0.2, 0.25) is 0 Å². The van der Waals surface area contributed by atoms with E-state index in [-0.39, 0.29) is 35.6 Å². The normalized spacial score (nSPS) is 21.4. The number of aliphatic hydroxyl groups is 1. The minimum atomic E-state index is -3.89. The van der Waals surface area contributed by atoms with Crippen LogP contribution in [0.15, 0.2) is 23.1 Å². The quantitative estimate of drug-likeness (QED) is 0.654. The summed E-state index contributed by atoms with van der Waals surface area (Å²) >= 11 is 0. The maximum atomic E-state index is 13.5. The summed E-state index contributed by atoms with van der Waals surface area (Å²) in [6, 6.07) is 4.28. The smallest absolute Gasteiger partial charge is 0.247 e. The highest BCUT2D eigenvalue weighted by Gasteiger charge is 2.38.